The van der Waals surface area contributed by atoms with E-state index in [4.69, 9.17) is 9.40 Å². The summed E-state index contributed by atoms with van der Waals surface area (Å²) in [5, 5.41) is 4.83. The maximum atomic E-state index is 6.35. The van der Waals surface area contributed by atoms with Crippen molar-refractivity contribution in [3.05, 3.63) is 157 Å². The zero-order valence-corrected chi connectivity index (χ0v) is 26.2. The molecule has 0 atom stereocenters. The summed E-state index contributed by atoms with van der Waals surface area (Å²) in [6.07, 6.45) is 0. The molecule has 0 saturated heterocycles. The first-order valence-electron chi connectivity index (χ1n) is 16.2. The van der Waals surface area contributed by atoms with E-state index in [1.807, 2.05) is 6.07 Å². The Morgan fingerprint density at radius 1 is 0.489 bits per heavy atom. The first kappa shape index (κ1) is 26.3. The van der Waals surface area contributed by atoms with E-state index in [-0.39, 0.29) is 5.41 Å². The van der Waals surface area contributed by atoms with Gasteiger partial charge in [0.15, 0.2) is 0 Å². The predicted octanol–water partition coefficient (Wildman–Crippen LogP) is 11.7. The smallest absolute Gasteiger partial charge is 0.135 e. The van der Waals surface area contributed by atoms with E-state index in [2.05, 4.69) is 158 Å². The highest BCUT2D eigenvalue weighted by molar-refractivity contribution is 6.13. The summed E-state index contributed by atoms with van der Waals surface area (Å²) in [5.74, 6) is 0. The molecule has 9 aromatic rings. The normalized spacial score (nSPS) is 13.5. The van der Waals surface area contributed by atoms with Crippen LogP contribution < -0.4 is 0 Å². The molecule has 222 valence electrons. The highest BCUT2D eigenvalue weighted by Gasteiger charge is 2.37. The summed E-state index contributed by atoms with van der Waals surface area (Å²) in [6.45, 7) is 4.69. The molecule has 0 unspecified atom stereocenters. The third kappa shape index (κ3) is 3.77. The summed E-state index contributed by atoms with van der Waals surface area (Å²) >= 11 is 0. The van der Waals surface area contributed by atoms with Crippen molar-refractivity contribution in [3.63, 3.8) is 0 Å². The fourth-order valence-electron chi connectivity index (χ4n) is 7.85. The van der Waals surface area contributed by atoms with Crippen LogP contribution in [0.4, 0.5) is 0 Å². The van der Waals surface area contributed by atoms with Crippen LogP contribution >= 0.6 is 0 Å². The lowest BCUT2D eigenvalue weighted by molar-refractivity contribution is 0.648. The summed E-state index contributed by atoms with van der Waals surface area (Å²) in [5.41, 5.74) is 14.5. The average molecular weight is 603 g/mol. The Balaban J connectivity index is 1.28. The highest BCUT2D eigenvalue weighted by Crippen LogP contribution is 2.53. The van der Waals surface area contributed by atoms with E-state index < -0.39 is 0 Å². The van der Waals surface area contributed by atoms with Crippen LogP contribution in [0.5, 0.6) is 0 Å². The van der Waals surface area contributed by atoms with Gasteiger partial charge in [0.25, 0.3) is 0 Å². The predicted molar refractivity (Wildman–Crippen MR) is 194 cm³/mol. The molecule has 0 radical (unpaired) electrons. The van der Waals surface area contributed by atoms with Crippen molar-refractivity contribution >= 4 is 43.7 Å². The Hall–Kier alpha value is -5.93. The molecule has 3 heterocycles. The minimum absolute atomic E-state index is 0.174. The quantitative estimate of drug-likeness (QED) is 0.201. The Morgan fingerprint density at radius 3 is 1.81 bits per heavy atom. The molecule has 10 rings (SSSR count). The Morgan fingerprint density at radius 2 is 1.09 bits per heavy atom. The van der Waals surface area contributed by atoms with Gasteiger partial charge in [-0.3, -0.25) is 0 Å². The van der Waals surface area contributed by atoms with Crippen molar-refractivity contribution in [3.8, 4) is 39.3 Å². The van der Waals surface area contributed by atoms with Gasteiger partial charge in [-0.15, -0.1) is 0 Å². The Bertz CT molecular complexity index is 2640. The molecule has 3 nitrogen and oxygen atoms in total. The van der Waals surface area contributed by atoms with Crippen LogP contribution in [0.25, 0.3) is 83.1 Å². The molecule has 0 N–H and O–H groups in total. The van der Waals surface area contributed by atoms with Gasteiger partial charge in [-0.05, 0) is 70.8 Å². The summed E-state index contributed by atoms with van der Waals surface area (Å²) in [7, 11) is 0. The van der Waals surface area contributed by atoms with E-state index in [1.165, 1.54) is 44.1 Å². The van der Waals surface area contributed by atoms with Crippen LogP contribution in [0.1, 0.15) is 25.0 Å². The maximum Gasteiger partial charge on any atom is 0.135 e. The minimum atomic E-state index is -0.174. The van der Waals surface area contributed by atoms with Gasteiger partial charge < -0.3 is 8.98 Å². The van der Waals surface area contributed by atoms with Gasteiger partial charge in [-0.1, -0.05) is 111 Å². The largest absolute Gasteiger partial charge is 0.456 e. The van der Waals surface area contributed by atoms with Gasteiger partial charge in [-0.2, -0.15) is 0 Å². The minimum Gasteiger partial charge on any atom is -0.456 e. The molecule has 0 bridgehead atoms. The summed E-state index contributed by atoms with van der Waals surface area (Å²) in [6, 6.07) is 52.1. The van der Waals surface area contributed by atoms with Crippen LogP contribution in [0.3, 0.4) is 0 Å². The van der Waals surface area contributed by atoms with Gasteiger partial charge in [0.05, 0.1) is 28.1 Å². The van der Waals surface area contributed by atoms with Crippen LogP contribution in [0, 0.1) is 0 Å². The van der Waals surface area contributed by atoms with E-state index >= 15 is 0 Å². The zero-order valence-electron chi connectivity index (χ0n) is 26.2. The molecule has 1 aliphatic carbocycles. The van der Waals surface area contributed by atoms with Crippen LogP contribution in [-0.4, -0.2) is 9.55 Å². The summed E-state index contributed by atoms with van der Waals surface area (Å²) < 4.78 is 8.79. The topological polar surface area (TPSA) is 31.0 Å². The van der Waals surface area contributed by atoms with Crippen LogP contribution in [0.2, 0.25) is 0 Å². The molecule has 0 fully saturated rings. The van der Waals surface area contributed by atoms with Crippen LogP contribution in [-0.2, 0) is 5.41 Å². The molecule has 1 aliphatic rings. The van der Waals surface area contributed by atoms with Gasteiger partial charge in [0.2, 0.25) is 0 Å². The first-order chi connectivity index (χ1) is 23.0. The van der Waals surface area contributed by atoms with Gasteiger partial charge in [-0.25, -0.2) is 4.98 Å². The lowest BCUT2D eigenvalue weighted by Crippen LogP contribution is -2.14. The average Bonchev–Trinajstić information content (AvgIpc) is 3.72. The number of para-hydroxylation sites is 2. The number of pyridine rings is 1. The molecule has 47 heavy (non-hydrogen) atoms. The molecule has 0 amide bonds. The lowest BCUT2D eigenvalue weighted by Gasteiger charge is -2.21. The fraction of sp³-hybridized carbons (Fsp3) is 0.0682. The van der Waals surface area contributed by atoms with E-state index in [1.54, 1.807) is 0 Å². The second-order valence-electron chi connectivity index (χ2n) is 13.2. The van der Waals surface area contributed by atoms with Crippen molar-refractivity contribution in [1.82, 2.24) is 9.55 Å². The second kappa shape index (κ2) is 9.54. The zero-order chi connectivity index (χ0) is 31.3. The third-order valence-electron chi connectivity index (χ3n) is 10.2. The molecule has 6 aromatic carbocycles. The number of nitrogens with zero attached hydrogens (tertiary/aromatic N) is 2. The van der Waals surface area contributed by atoms with Crippen molar-refractivity contribution in [2.75, 3.05) is 0 Å². The fourth-order valence-corrected chi connectivity index (χ4v) is 7.85. The van der Waals surface area contributed by atoms with Crippen molar-refractivity contribution < 1.29 is 4.42 Å². The summed E-state index contributed by atoms with van der Waals surface area (Å²) in [4.78, 5) is 5.18. The lowest BCUT2D eigenvalue weighted by atomic mass is 9.82. The number of fused-ring (bicyclic) bond motifs is 9. The molecular weight excluding hydrogens is 572 g/mol. The van der Waals surface area contributed by atoms with E-state index in [0.29, 0.717) is 0 Å². The van der Waals surface area contributed by atoms with Crippen molar-refractivity contribution in [1.29, 1.82) is 0 Å². The van der Waals surface area contributed by atoms with Crippen LogP contribution in [0.15, 0.2) is 150 Å². The van der Waals surface area contributed by atoms with Crippen molar-refractivity contribution in [2.45, 2.75) is 19.3 Å². The molecule has 0 aliphatic heterocycles. The van der Waals surface area contributed by atoms with Crippen molar-refractivity contribution in [2.24, 2.45) is 0 Å². The number of aromatic nitrogens is 2. The molecule has 3 heteroatoms. The number of furan rings is 1. The van der Waals surface area contributed by atoms with Gasteiger partial charge >= 0.3 is 0 Å². The monoisotopic (exact) mass is 602 g/mol. The SMILES string of the molecule is CC1(C)c2cc3oc4ccccc4c3cc2-c2cc3c(cc21)c1ccccc1n3-c1cc(-c2ccccc2)nc(-c2ccccc2)c1. The number of hydrogen-bond donors (Lipinski definition) is 0. The molecule has 0 saturated carbocycles. The number of benzene rings is 6. The number of rotatable bonds is 3. The Kier molecular flexibility index (Phi) is 5.34. The maximum absolute atomic E-state index is 6.35. The first-order valence-corrected chi connectivity index (χ1v) is 16.2. The second-order valence-corrected chi connectivity index (χ2v) is 13.2. The molecule has 0 spiro atoms. The standard InChI is InChI=1S/C44H30N2O/c1-44(2)36-24-34-30-17-9-11-19-40(30)46(29-21-38(27-13-5-3-6-14-27)45-39(22-29)28-15-7-4-8-16-28)41(34)25-33(36)32-23-35-31-18-10-12-20-42(31)47-43(35)26-37(32)44/h3-26H,1-2H3. The molecular formula is C44H30N2O. The Labute approximate surface area is 272 Å². The molecule has 3 aromatic heterocycles. The van der Waals surface area contributed by atoms with E-state index in [9.17, 15) is 0 Å². The third-order valence-corrected chi connectivity index (χ3v) is 10.2. The number of hydrogen-bond acceptors (Lipinski definition) is 2. The van der Waals surface area contributed by atoms with Gasteiger partial charge in [0.1, 0.15) is 11.2 Å². The van der Waals surface area contributed by atoms with E-state index in [0.717, 1.165) is 50.1 Å². The highest BCUT2D eigenvalue weighted by atomic mass is 16.3. The van der Waals surface area contributed by atoms with Gasteiger partial charge in [0, 0.05) is 38.1 Å².